The molecule has 0 atom stereocenters. The number of aromatic nitrogens is 4. The Bertz CT molecular complexity index is 1210. The van der Waals surface area contributed by atoms with E-state index in [-0.39, 0.29) is 12.2 Å². The minimum Gasteiger partial charge on any atom is -0.344 e. The van der Waals surface area contributed by atoms with Gasteiger partial charge in [-0.25, -0.2) is 9.37 Å². The molecule has 0 aliphatic heterocycles. The Morgan fingerprint density at radius 3 is 2.59 bits per heavy atom. The number of rotatable bonds is 5. The standard InChI is InChI=1S/C20H14FN5O2S/c21-14-1-3-15(4-2-14)26-19(27)6-5-16(25-26)20(28)23-11-18-24-17(12-29-18)13-7-9-22-10-8-13/h1-10,12H,11H2,(H,23,28). The molecule has 9 heteroatoms. The van der Waals surface area contributed by atoms with Crippen LogP contribution in [0.1, 0.15) is 15.5 Å². The highest BCUT2D eigenvalue weighted by Crippen LogP contribution is 2.20. The van der Waals surface area contributed by atoms with Gasteiger partial charge in [-0.05, 0) is 42.5 Å². The highest BCUT2D eigenvalue weighted by atomic mass is 32.1. The summed E-state index contributed by atoms with van der Waals surface area (Å²) < 4.78 is 14.2. The third-order valence-corrected chi connectivity index (χ3v) is 4.88. The molecule has 29 heavy (non-hydrogen) atoms. The van der Waals surface area contributed by atoms with Gasteiger partial charge < -0.3 is 5.32 Å². The van der Waals surface area contributed by atoms with Crippen LogP contribution in [-0.4, -0.2) is 25.7 Å². The molecule has 0 fully saturated rings. The van der Waals surface area contributed by atoms with Crippen molar-refractivity contribution < 1.29 is 9.18 Å². The molecule has 4 aromatic rings. The number of carbonyl (C=O) groups excluding carboxylic acids is 1. The zero-order chi connectivity index (χ0) is 20.2. The zero-order valence-corrected chi connectivity index (χ0v) is 15.8. The monoisotopic (exact) mass is 407 g/mol. The molecule has 4 rings (SSSR count). The van der Waals surface area contributed by atoms with Gasteiger partial charge in [-0.2, -0.15) is 9.78 Å². The molecule has 3 aromatic heterocycles. The minimum absolute atomic E-state index is 0.0693. The molecule has 144 valence electrons. The van der Waals surface area contributed by atoms with E-state index < -0.39 is 17.3 Å². The number of hydrogen-bond acceptors (Lipinski definition) is 6. The maximum Gasteiger partial charge on any atom is 0.272 e. The maximum atomic E-state index is 13.1. The lowest BCUT2D eigenvalue weighted by atomic mass is 10.2. The highest BCUT2D eigenvalue weighted by Gasteiger charge is 2.12. The smallest absolute Gasteiger partial charge is 0.272 e. The van der Waals surface area contributed by atoms with Gasteiger partial charge in [-0.1, -0.05) is 0 Å². The second-order valence-electron chi connectivity index (χ2n) is 5.99. The lowest BCUT2D eigenvalue weighted by Crippen LogP contribution is -2.28. The highest BCUT2D eigenvalue weighted by molar-refractivity contribution is 7.09. The van der Waals surface area contributed by atoms with Crippen LogP contribution in [0.15, 0.2) is 71.1 Å². The SMILES string of the molecule is O=C(NCc1nc(-c2ccncc2)cs1)c1ccc(=O)n(-c2ccc(F)cc2)n1. The number of pyridine rings is 1. The fourth-order valence-corrected chi connectivity index (χ4v) is 3.34. The van der Waals surface area contributed by atoms with Gasteiger partial charge >= 0.3 is 0 Å². The Labute approximate surface area is 168 Å². The second-order valence-corrected chi connectivity index (χ2v) is 6.93. The first kappa shape index (κ1) is 18.6. The van der Waals surface area contributed by atoms with Crippen molar-refractivity contribution in [2.45, 2.75) is 6.54 Å². The van der Waals surface area contributed by atoms with E-state index in [1.165, 1.54) is 47.7 Å². The molecule has 0 aliphatic carbocycles. The molecule has 0 aliphatic rings. The topological polar surface area (TPSA) is 89.8 Å². The minimum atomic E-state index is -0.443. The van der Waals surface area contributed by atoms with Crippen molar-refractivity contribution in [3.05, 3.63) is 93.2 Å². The number of halogens is 1. The predicted octanol–water partition coefficient (Wildman–Crippen LogP) is 2.82. The molecule has 0 spiro atoms. The van der Waals surface area contributed by atoms with Crippen molar-refractivity contribution in [1.29, 1.82) is 0 Å². The number of amides is 1. The average molecular weight is 407 g/mol. The third kappa shape index (κ3) is 4.25. The zero-order valence-electron chi connectivity index (χ0n) is 14.9. The van der Waals surface area contributed by atoms with Crippen LogP contribution >= 0.6 is 11.3 Å². The summed E-state index contributed by atoms with van der Waals surface area (Å²) in [6.45, 7) is 0.228. The summed E-state index contributed by atoms with van der Waals surface area (Å²) in [7, 11) is 0. The van der Waals surface area contributed by atoms with E-state index in [0.717, 1.165) is 20.9 Å². The summed E-state index contributed by atoms with van der Waals surface area (Å²) in [5.74, 6) is -0.869. The van der Waals surface area contributed by atoms with Gasteiger partial charge in [-0.15, -0.1) is 11.3 Å². The van der Waals surface area contributed by atoms with Crippen molar-refractivity contribution in [3.63, 3.8) is 0 Å². The molecular formula is C20H14FN5O2S. The summed E-state index contributed by atoms with van der Waals surface area (Å²) in [5.41, 5.74) is 1.77. The van der Waals surface area contributed by atoms with Crippen molar-refractivity contribution in [3.8, 4) is 16.9 Å². The van der Waals surface area contributed by atoms with E-state index in [1.54, 1.807) is 12.4 Å². The van der Waals surface area contributed by atoms with Crippen molar-refractivity contribution in [1.82, 2.24) is 25.1 Å². The van der Waals surface area contributed by atoms with Crippen LogP contribution in [0.4, 0.5) is 4.39 Å². The van der Waals surface area contributed by atoms with Crippen molar-refractivity contribution in [2.24, 2.45) is 0 Å². The number of hydrogen-bond donors (Lipinski definition) is 1. The fraction of sp³-hybridized carbons (Fsp3) is 0.0500. The average Bonchev–Trinajstić information content (AvgIpc) is 3.23. The normalized spacial score (nSPS) is 10.7. The Balaban J connectivity index is 1.48. The van der Waals surface area contributed by atoms with Crippen LogP contribution in [0, 0.1) is 5.82 Å². The molecule has 3 heterocycles. The first-order chi connectivity index (χ1) is 14.1. The van der Waals surface area contributed by atoms with Crippen LogP contribution in [0.3, 0.4) is 0 Å². The lowest BCUT2D eigenvalue weighted by molar-refractivity contribution is 0.0944. The number of carbonyl (C=O) groups is 1. The molecule has 1 amide bonds. The molecular weight excluding hydrogens is 393 g/mol. The van der Waals surface area contributed by atoms with Gasteiger partial charge in [0.2, 0.25) is 0 Å². The molecule has 1 aromatic carbocycles. The Hall–Kier alpha value is -3.72. The number of nitrogens with one attached hydrogen (secondary N) is 1. The summed E-state index contributed by atoms with van der Waals surface area (Å²) in [5, 5.41) is 9.47. The largest absolute Gasteiger partial charge is 0.344 e. The molecule has 0 radical (unpaired) electrons. The first-order valence-corrected chi connectivity index (χ1v) is 9.47. The van der Waals surface area contributed by atoms with E-state index >= 15 is 0 Å². The van der Waals surface area contributed by atoms with Crippen LogP contribution in [0.2, 0.25) is 0 Å². The maximum absolute atomic E-state index is 13.1. The van der Waals surface area contributed by atoms with Crippen LogP contribution in [0.25, 0.3) is 16.9 Å². The van der Waals surface area contributed by atoms with Crippen LogP contribution in [-0.2, 0) is 6.54 Å². The quantitative estimate of drug-likeness (QED) is 0.550. The Morgan fingerprint density at radius 1 is 1.07 bits per heavy atom. The van der Waals surface area contributed by atoms with Crippen LogP contribution < -0.4 is 10.9 Å². The summed E-state index contributed by atoms with van der Waals surface area (Å²) in [4.78, 5) is 33.0. The number of nitrogens with zero attached hydrogens (tertiary/aromatic N) is 4. The van der Waals surface area contributed by atoms with Crippen molar-refractivity contribution >= 4 is 17.2 Å². The predicted molar refractivity (Wildman–Crippen MR) is 106 cm³/mol. The summed E-state index contributed by atoms with van der Waals surface area (Å²) in [6, 6.07) is 11.6. The molecule has 1 N–H and O–H groups in total. The first-order valence-electron chi connectivity index (χ1n) is 8.59. The van der Waals surface area contributed by atoms with Crippen molar-refractivity contribution in [2.75, 3.05) is 0 Å². The third-order valence-electron chi connectivity index (χ3n) is 4.03. The fourth-order valence-electron chi connectivity index (χ4n) is 2.59. The second kappa shape index (κ2) is 8.11. The molecule has 0 saturated carbocycles. The van der Waals surface area contributed by atoms with E-state index in [0.29, 0.717) is 5.69 Å². The van der Waals surface area contributed by atoms with E-state index in [1.807, 2.05) is 17.5 Å². The van der Waals surface area contributed by atoms with Gasteiger partial charge in [0.25, 0.3) is 11.5 Å². The summed E-state index contributed by atoms with van der Waals surface area (Å²) in [6.07, 6.45) is 3.38. The molecule has 0 bridgehead atoms. The molecule has 7 nitrogen and oxygen atoms in total. The van der Waals surface area contributed by atoms with Gasteiger partial charge in [0, 0.05) is 29.4 Å². The molecule has 0 saturated heterocycles. The van der Waals surface area contributed by atoms with Crippen LogP contribution in [0.5, 0.6) is 0 Å². The number of benzene rings is 1. The Morgan fingerprint density at radius 2 is 1.83 bits per heavy atom. The van der Waals surface area contributed by atoms with E-state index in [4.69, 9.17) is 0 Å². The van der Waals surface area contributed by atoms with Gasteiger partial charge in [0.15, 0.2) is 0 Å². The Kier molecular flexibility index (Phi) is 5.21. The van der Waals surface area contributed by atoms with Gasteiger partial charge in [0.05, 0.1) is 17.9 Å². The van der Waals surface area contributed by atoms with Gasteiger partial charge in [-0.3, -0.25) is 14.6 Å². The van der Waals surface area contributed by atoms with E-state index in [9.17, 15) is 14.0 Å². The lowest BCUT2D eigenvalue weighted by Gasteiger charge is -2.07. The molecule has 0 unspecified atom stereocenters. The van der Waals surface area contributed by atoms with E-state index in [2.05, 4.69) is 20.4 Å². The summed E-state index contributed by atoms with van der Waals surface area (Å²) >= 11 is 1.43. The number of thiazole rings is 1. The van der Waals surface area contributed by atoms with Gasteiger partial charge in [0.1, 0.15) is 16.5 Å².